The van der Waals surface area contributed by atoms with Gasteiger partial charge in [-0.25, -0.2) is 4.79 Å². The maximum absolute atomic E-state index is 11.9. The standard InChI is InChI=1S/C16H25N3O3/c1-5-11-6-8-12(9-7-11)10-13(14(17)19-21)18-15(20)22-16(2,3)4/h6-9,13,21H,5,10H2,1-4H3,(H2,17,19)(H,18,20)/t13-/m0/s1. The van der Waals surface area contributed by atoms with Crippen molar-refractivity contribution in [1.82, 2.24) is 5.32 Å². The predicted molar refractivity (Wildman–Crippen MR) is 86.1 cm³/mol. The lowest BCUT2D eigenvalue weighted by Crippen LogP contribution is -2.47. The first-order chi connectivity index (χ1) is 10.2. The highest BCUT2D eigenvalue weighted by molar-refractivity contribution is 5.88. The number of carbonyl (C=O) groups is 1. The Morgan fingerprint density at radius 3 is 2.32 bits per heavy atom. The van der Waals surface area contributed by atoms with Crippen LogP contribution in [-0.2, 0) is 17.6 Å². The first-order valence-electron chi connectivity index (χ1n) is 7.30. The monoisotopic (exact) mass is 307 g/mol. The Labute approximate surface area is 131 Å². The number of rotatable bonds is 5. The van der Waals surface area contributed by atoms with E-state index >= 15 is 0 Å². The molecule has 6 heteroatoms. The van der Waals surface area contributed by atoms with Crippen molar-refractivity contribution in [3.8, 4) is 0 Å². The summed E-state index contributed by atoms with van der Waals surface area (Å²) in [6, 6.07) is 7.34. The van der Waals surface area contributed by atoms with E-state index in [0.717, 1.165) is 12.0 Å². The minimum atomic E-state index is -0.632. The van der Waals surface area contributed by atoms with Gasteiger partial charge in [0.1, 0.15) is 5.60 Å². The number of amidine groups is 1. The van der Waals surface area contributed by atoms with Crippen LogP contribution in [0.2, 0.25) is 0 Å². The van der Waals surface area contributed by atoms with E-state index in [1.807, 2.05) is 24.3 Å². The topological polar surface area (TPSA) is 96.9 Å². The van der Waals surface area contributed by atoms with Crippen LogP contribution in [0, 0.1) is 0 Å². The molecule has 0 saturated carbocycles. The van der Waals surface area contributed by atoms with E-state index < -0.39 is 17.7 Å². The van der Waals surface area contributed by atoms with Gasteiger partial charge in [0.25, 0.3) is 0 Å². The van der Waals surface area contributed by atoms with E-state index in [9.17, 15) is 4.79 Å². The molecule has 1 atom stereocenters. The van der Waals surface area contributed by atoms with E-state index in [1.54, 1.807) is 20.8 Å². The number of alkyl carbamates (subject to hydrolysis) is 1. The number of nitrogens with one attached hydrogen (secondary N) is 1. The molecule has 0 aliphatic carbocycles. The van der Waals surface area contributed by atoms with Gasteiger partial charge in [-0.2, -0.15) is 0 Å². The molecular weight excluding hydrogens is 282 g/mol. The first kappa shape index (κ1) is 17.8. The second kappa shape index (κ2) is 7.68. The fraction of sp³-hybridized carbons (Fsp3) is 0.500. The highest BCUT2D eigenvalue weighted by atomic mass is 16.6. The summed E-state index contributed by atoms with van der Waals surface area (Å²) in [6.45, 7) is 7.40. The molecule has 0 heterocycles. The number of nitrogens with two attached hydrogens (primary N) is 1. The van der Waals surface area contributed by atoms with Gasteiger partial charge in [0.05, 0.1) is 6.04 Å². The molecule has 1 aromatic carbocycles. The molecule has 0 aliphatic rings. The highest BCUT2D eigenvalue weighted by Crippen LogP contribution is 2.10. The summed E-state index contributed by atoms with van der Waals surface area (Å²) >= 11 is 0. The van der Waals surface area contributed by atoms with E-state index in [2.05, 4.69) is 17.4 Å². The number of benzene rings is 1. The van der Waals surface area contributed by atoms with Crippen LogP contribution in [0.4, 0.5) is 4.79 Å². The quantitative estimate of drug-likeness (QED) is 0.337. The van der Waals surface area contributed by atoms with Gasteiger partial charge in [-0.1, -0.05) is 36.3 Å². The zero-order valence-electron chi connectivity index (χ0n) is 13.6. The minimum Gasteiger partial charge on any atom is -0.444 e. The van der Waals surface area contributed by atoms with Crippen molar-refractivity contribution >= 4 is 11.9 Å². The number of ether oxygens (including phenoxy) is 1. The van der Waals surface area contributed by atoms with Gasteiger partial charge in [0.2, 0.25) is 0 Å². The molecule has 122 valence electrons. The molecule has 0 aliphatic heterocycles. The lowest BCUT2D eigenvalue weighted by atomic mass is 10.0. The fourth-order valence-electron chi connectivity index (χ4n) is 1.90. The van der Waals surface area contributed by atoms with Gasteiger partial charge < -0.3 is 21.0 Å². The summed E-state index contributed by atoms with van der Waals surface area (Å²) in [5, 5.41) is 14.5. The van der Waals surface area contributed by atoms with Crippen LogP contribution >= 0.6 is 0 Å². The molecule has 1 amide bonds. The molecule has 6 nitrogen and oxygen atoms in total. The zero-order valence-corrected chi connectivity index (χ0v) is 13.6. The number of hydrogen-bond acceptors (Lipinski definition) is 4. The number of aryl methyl sites for hydroxylation is 1. The van der Waals surface area contributed by atoms with Crippen molar-refractivity contribution < 1.29 is 14.7 Å². The third-order valence-corrected chi connectivity index (χ3v) is 3.03. The molecule has 22 heavy (non-hydrogen) atoms. The number of oxime groups is 1. The highest BCUT2D eigenvalue weighted by Gasteiger charge is 2.22. The third-order valence-electron chi connectivity index (χ3n) is 3.03. The number of amides is 1. The largest absolute Gasteiger partial charge is 0.444 e. The maximum Gasteiger partial charge on any atom is 0.408 e. The van der Waals surface area contributed by atoms with E-state index in [1.165, 1.54) is 5.56 Å². The molecule has 0 saturated heterocycles. The summed E-state index contributed by atoms with van der Waals surface area (Å²) < 4.78 is 5.19. The van der Waals surface area contributed by atoms with E-state index in [-0.39, 0.29) is 5.84 Å². The number of carbonyl (C=O) groups excluding carboxylic acids is 1. The Morgan fingerprint density at radius 1 is 1.32 bits per heavy atom. The predicted octanol–water partition coefficient (Wildman–Crippen LogP) is 2.43. The average Bonchev–Trinajstić information content (AvgIpc) is 2.44. The van der Waals surface area contributed by atoms with Crippen molar-refractivity contribution in [2.75, 3.05) is 0 Å². The molecule has 0 radical (unpaired) electrons. The van der Waals surface area contributed by atoms with Crippen molar-refractivity contribution in [2.45, 2.75) is 52.2 Å². The van der Waals surface area contributed by atoms with Crippen molar-refractivity contribution in [3.63, 3.8) is 0 Å². The molecule has 0 bridgehead atoms. The Bertz CT molecular complexity index is 518. The normalized spacial score (nSPS) is 13.5. The minimum absolute atomic E-state index is 0.0644. The molecule has 0 spiro atoms. The van der Waals surface area contributed by atoms with Crippen LogP contribution < -0.4 is 11.1 Å². The number of nitrogens with zero attached hydrogens (tertiary/aromatic N) is 1. The molecule has 1 aromatic rings. The summed E-state index contributed by atoms with van der Waals surface area (Å²) in [7, 11) is 0. The summed E-state index contributed by atoms with van der Waals surface area (Å²) in [6.07, 6.45) is 0.772. The Balaban J connectivity index is 2.78. The van der Waals surface area contributed by atoms with Gasteiger partial charge in [0.15, 0.2) is 5.84 Å². The molecule has 0 fully saturated rings. The Hall–Kier alpha value is -2.24. The smallest absolute Gasteiger partial charge is 0.408 e. The van der Waals surface area contributed by atoms with Gasteiger partial charge in [-0.15, -0.1) is 0 Å². The van der Waals surface area contributed by atoms with Crippen LogP contribution in [0.3, 0.4) is 0 Å². The van der Waals surface area contributed by atoms with Crippen molar-refractivity contribution in [1.29, 1.82) is 0 Å². The van der Waals surface area contributed by atoms with Crippen LogP contribution in [0.25, 0.3) is 0 Å². The van der Waals surface area contributed by atoms with Crippen LogP contribution in [-0.4, -0.2) is 28.8 Å². The van der Waals surface area contributed by atoms with Crippen LogP contribution in [0.5, 0.6) is 0 Å². The maximum atomic E-state index is 11.9. The second-order valence-electron chi connectivity index (χ2n) is 6.10. The molecule has 0 aromatic heterocycles. The lowest BCUT2D eigenvalue weighted by Gasteiger charge is -2.23. The SMILES string of the molecule is CCc1ccc(C[C@H](NC(=O)OC(C)(C)C)/C(N)=N/O)cc1. The fourth-order valence-corrected chi connectivity index (χ4v) is 1.90. The third kappa shape index (κ3) is 6.03. The molecule has 1 rings (SSSR count). The van der Waals surface area contributed by atoms with Crippen LogP contribution in [0.1, 0.15) is 38.8 Å². The van der Waals surface area contributed by atoms with Gasteiger partial charge >= 0.3 is 6.09 Å². The first-order valence-corrected chi connectivity index (χ1v) is 7.30. The Kier molecular flexibility index (Phi) is 6.22. The Morgan fingerprint density at radius 2 is 1.86 bits per heavy atom. The summed E-state index contributed by atoms with van der Waals surface area (Å²) in [5.41, 5.74) is 7.26. The summed E-state index contributed by atoms with van der Waals surface area (Å²) in [4.78, 5) is 11.9. The van der Waals surface area contributed by atoms with Gasteiger partial charge in [-0.05, 0) is 38.3 Å². The van der Waals surface area contributed by atoms with Gasteiger partial charge in [0, 0.05) is 6.42 Å². The molecule has 0 unspecified atom stereocenters. The number of hydrogen-bond donors (Lipinski definition) is 3. The van der Waals surface area contributed by atoms with Crippen LogP contribution in [0.15, 0.2) is 29.4 Å². The second-order valence-corrected chi connectivity index (χ2v) is 6.10. The van der Waals surface area contributed by atoms with Gasteiger partial charge in [-0.3, -0.25) is 0 Å². The summed E-state index contributed by atoms with van der Waals surface area (Å²) in [5.74, 6) is -0.0644. The van der Waals surface area contributed by atoms with E-state index in [0.29, 0.717) is 6.42 Å². The molecular formula is C16H25N3O3. The zero-order chi connectivity index (χ0) is 16.8. The average molecular weight is 307 g/mol. The lowest BCUT2D eigenvalue weighted by molar-refractivity contribution is 0.0517. The van der Waals surface area contributed by atoms with Crippen molar-refractivity contribution in [3.05, 3.63) is 35.4 Å². The van der Waals surface area contributed by atoms with E-state index in [4.69, 9.17) is 15.7 Å². The van der Waals surface area contributed by atoms with Crippen molar-refractivity contribution in [2.24, 2.45) is 10.9 Å². The molecule has 4 N–H and O–H groups in total.